The van der Waals surface area contributed by atoms with Gasteiger partial charge < -0.3 is 9.80 Å². The molecule has 0 radical (unpaired) electrons. The molecule has 3 heterocycles. The van der Waals surface area contributed by atoms with Crippen LogP contribution < -0.4 is 0 Å². The molecular weight excluding hydrogens is 390 g/mol. The molecule has 0 saturated carbocycles. The van der Waals surface area contributed by atoms with Crippen LogP contribution in [0.4, 0.5) is 0 Å². The normalized spacial score (nSPS) is 29.2. The molecule has 156 valence electrons. The summed E-state index contributed by atoms with van der Waals surface area (Å²) in [6.45, 7) is 7.25. The van der Waals surface area contributed by atoms with Crippen LogP contribution in [0.25, 0.3) is 0 Å². The van der Waals surface area contributed by atoms with Crippen LogP contribution >= 0.6 is 12.4 Å². The third-order valence-electron chi connectivity index (χ3n) is 6.08. The van der Waals surface area contributed by atoms with E-state index in [9.17, 15) is 18.0 Å². The molecule has 2 amide bonds. The summed E-state index contributed by atoms with van der Waals surface area (Å²) < 4.78 is 25.4. The number of rotatable bonds is 5. The fourth-order valence-electron chi connectivity index (χ4n) is 4.90. The number of hydrogen-bond donors (Lipinski definition) is 0. The number of sulfonamides is 1. The molecule has 0 aromatic rings. The van der Waals surface area contributed by atoms with Crippen LogP contribution in [0.3, 0.4) is 0 Å². The Hall–Kier alpha value is -0.860. The minimum Gasteiger partial charge on any atom is -0.337 e. The lowest BCUT2D eigenvalue weighted by Crippen LogP contribution is -2.45. The molecule has 0 aromatic carbocycles. The predicted octanol–water partition coefficient (Wildman–Crippen LogP) is 1.33. The van der Waals surface area contributed by atoms with Gasteiger partial charge in [-0.1, -0.05) is 20.3 Å². The van der Waals surface area contributed by atoms with Gasteiger partial charge in [0.15, 0.2) is 0 Å². The molecule has 7 nitrogen and oxygen atoms in total. The Morgan fingerprint density at radius 2 is 1.78 bits per heavy atom. The number of amides is 2. The number of fused-ring (bicyclic) bond motifs is 1. The molecule has 0 N–H and O–H groups in total. The second-order valence-electron chi connectivity index (χ2n) is 8.25. The van der Waals surface area contributed by atoms with Crippen molar-refractivity contribution in [3.63, 3.8) is 0 Å². The largest absolute Gasteiger partial charge is 0.337 e. The van der Waals surface area contributed by atoms with E-state index in [0.717, 1.165) is 30.2 Å². The molecule has 3 aliphatic rings. The fraction of sp³-hybridized carbons (Fsp3) is 0.889. The quantitative estimate of drug-likeness (QED) is 0.669. The predicted molar refractivity (Wildman–Crippen MR) is 106 cm³/mol. The van der Waals surface area contributed by atoms with Gasteiger partial charge >= 0.3 is 0 Å². The van der Waals surface area contributed by atoms with E-state index in [-0.39, 0.29) is 36.2 Å². The molecule has 1 unspecified atom stereocenters. The fourth-order valence-corrected chi connectivity index (χ4v) is 6.08. The Labute approximate surface area is 168 Å². The van der Waals surface area contributed by atoms with Crippen LogP contribution in [0, 0.1) is 11.8 Å². The third kappa shape index (κ3) is 4.43. The van der Waals surface area contributed by atoms with Gasteiger partial charge in [-0.3, -0.25) is 9.59 Å². The maximum Gasteiger partial charge on any atom is 0.241 e. The van der Waals surface area contributed by atoms with Crippen molar-refractivity contribution >= 4 is 34.2 Å². The van der Waals surface area contributed by atoms with Crippen molar-refractivity contribution in [1.82, 2.24) is 14.1 Å². The van der Waals surface area contributed by atoms with E-state index >= 15 is 0 Å². The summed E-state index contributed by atoms with van der Waals surface area (Å²) in [6.07, 6.45) is 5.72. The van der Waals surface area contributed by atoms with Crippen molar-refractivity contribution in [2.75, 3.05) is 32.4 Å². The molecule has 9 heteroatoms. The molecule has 0 aromatic heterocycles. The van der Waals surface area contributed by atoms with E-state index in [1.807, 2.05) is 13.8 Å². The van der Waals surface area contributed by atoms with Crippen LogP contribution in [-0.2, 0) is 19.6 Å². The summed E-state index contributed by atoms with van der Waals surface area (Å²) in [4.78, 5) is 29.8. The summed E-state index contributed by atoms with van der Waals surface area (Å²) in [5, 5.41) is 0. The Balaban J connectivity index is 0.00000261. The van der Waals surface area contributed by atoms with Crippen LogP contribution in [0.2, 0.25) is 0 Å². The van der Waals surface area contributed by atoms with E-state index in [2.05, 4.69) is 4.90 Å². The van der Waals surface area contributed by atoms with Gasteiger partial charge in [0.2, 0.25) is 21.8 Å². The summed E-state index contributed by atoms with van der Waals surface area (Å²) >= 11 is 0. The minimum absolute atomic E-state index is 0. The Kier molecular flexibility index (Phi) is 7.19. The molecule has 27 heavy (non-hydrogen) atoms. The van der Waals surface area contributed by atoms with Gasteiger partial charge in [-0.15, -0.1) is 12.4 Å². The summed E-state index contributed by atoms with van der Waals surface area (Å²) in [6, 6.07) is -0.713. The van der Waals surface area contributed by atoms with Gasteiger partial charge in [0, 0.05) is 19.5 Å². The average molecular weight is 422 g/mol. The number of carbonyl (C=O) groups is 2. The molecule has 3 aliphatic heterocycles. The molecule has 0 aliphatic carbocycles. The van der Waals surface area contributed by atoms with Gasteiger partial charge in [-0.2, -0.15) is 0 Å². The molecular formula is C18H32ClN3O4S. The number of nitrogens with zero attached hydrogens (tertiary/aromatic N) is 3. The number of hydrogen-bond acceptors (Lipinski definition) is 5. The first-order valence-electron chi connectivity index (χ1n) is 9.77. The number of carbonyl (C=O) groups excluding carboxylic acids is 2. The van der Waals surface area contributed by atoms with E-state index < -0.39 is 22.0 Å². The number of halogens is 1. The molecule has 3 saturated heterocycles. The van der Waals surface area contributed by atoms with Crippen LogP contribution in [0.1, 0.15) is 46.0 Å². The molecule has 3 atom stereocenters. The maximum absolute atomic E-state index is 12.9. The summed E-state index contributed by atoms with van der Waals surface area (Å²) in [5.74, 6) is -0.726. The van der Waals surface area contributed by atoms with Gasteiger partial charge in [0.25, 0.3) is 0 Å². The zero-order chi connectivity index (χ0) is 19.1. The second-order valence-corrected chi connectivity index (χ2v) is 10.1. The standard InChI is InChI=1S/C18H31N3O4S.ClH/c1-13(2)16-17-14(21(18(16)23)26(3,24)25)7-12-20(17)15(22)8-11-19-9-5-4-6-10-19;/h13-14,16-17H,4-12H2,1-3H3;1H/t14-,16?,17-;/m0./s1. The zero-order valence-corrected chi connectivity index (χ0v) is 18.1. The van der Waals surface area contributed by atoms with Gasteiger partial charge in [-0.05, 0) is 38.3 Å². The molecule has 0 bridgehead atoms. The first-order valence-corrected chi connectivity index (χ1v) is 11.6. The Bertz CT molecular complexity index is 664. The monoisotopic (exact) mass is 421 g/mol. The van der Waals surface area contributed by atoms with Crippen molar-refractivity contribution in [2.24, 2.45) is 11.8 Å². The smallest absolute Gasteiger partial charge is 0.241 e. The molecule has 3 fully saturated rings. The van der Waals surface area contributed by atoms with Gasteiger partial charge in [-0.25, -0.2) is 12.7 Å². The van der Waals surface area contributed by atoms with Crippen LogP contribution in [0.15, 0.2) is 0 Å². The van der Waals surface area contributed by atoms with E-state index in [1.165, 1.54) is 19.3 Å². The SMILES string of the molecule is CC(C)C1C(=O)N(S(C)(=O)=O)[C@H]2CCN(C(=O)CCN3CCCCC3)[C@H]12.Cl. The lowest BCUT2D eigenvalue weighted by molar-refractivity contribution is -0.135. The first-order chi connectivity index (χ1) is 12.2. The lowest BCUT2D eigenvalue weighted by atomic mass is 9.88. The van der Waals surface area contributed by atoms with Gasteiger partial charge in [0.1, 0.15) is 0 Å². The second kappa shape index (κ2) is 8.66. The van der Waals surface area contributed by atoms with E-state index in [4.69, 9.17) is 0 Å². The van der Waals surface area contributed by atoms with Crippen molar-refractivity contribution in [3.05, 3.63) is 0 Å². The van der Waals surface area contributed by atoms with Crippen LogP contribution in [-0.4, -0.2) is 78.9 Å². The highest BCUT2D eigenvalue weighted by molar-refractivity contribution is 7.88. The Morgan fingerprint density at radius 1 is 1.15 bits per heavy atom. The summed E-state index contributed by atoms with van der Waals surface area (Å²) in [7, 11) is -3.61. The number of likely N-dealkylation sites (tertiary alicyclic amines) is 2. The van der Waals surface area contributed by atoms with Gasteiger partial charge in [0.05, 0.1) is 24.3 Å². The van der Waals surface area contributed by atoms with Crippen molar-refractivity contribution < 1.29 is 18.0 Å². The highest BCUT2D eigenvalue weighted by atomic mass is 35.5. The van der Waals surface area contributed by atoms with E-state index in [1.54, 1.807) is 4.90 Å². The maximum atomic E-state index is 12.9. The lowest BCUT2D eigenvalue weighted by Gasteiger charge is -2.31. The molecule has 0 spiro atoms. The van der Waals surface area contributed by atoms with Crippen molar-refractivity contribution in [3.8, 4) is 0 Å². The number of piperidine rings is 1. The zero-order valence-electron chi connectivity index (χ0n) is 16.5. The highest BCUT2D eigenvalue weighted by Gasteiger charge is 2.58. The first kappa shape index (κ1) is 22.4. The van der Waals surface area contributed by atoms with Crippen molar-refractivity contribution in [2.45, 2.75) is 58.0 Å². The minimum atomic E-state index is -3.61. The third-order valence-corrected chi connectivity index (χ3v) is 7.24. The average Bonchev–Trinajstić information content (AvgIpc) is 3.08. The van der Waals surface area contributed by atoms with Crippen molar-refractivity contribution in [1.29, 1.82) is 0 Å². The summed E-state index contributed by atoms with van der Waals surface area (Å²) in [5.41, 5.74) is 0. The topological polar surface area (TPSA) is 78.0 Å². The van der Waals surface area contributed by atoms with Crippen LogP contribution in [0.5, 0.6) is 0 Å². The molecule has 3 rings (SSSR count). The van der Waals surface area contributed by atoms with E-state index in [0.29, 0.717) is 19.4 Å². The Morgan fingerprint density at radius 3 is 2.33 bits per heavy atom. The highest BCUT2D eigenvalue weighted by Crippen LogP contribution is 2.41.